The maximum atomic E-state index is 2.58. The number of rotatable bonds is 7. The lowest BCUT2D eigenvalue weighted by atomic mass is 9.82. The summed E-state index contributed by atoms with van der Waals surface area (Å²) in [6, 6.07) is 82.8. The number of fused-ring (bicyclic) bond motifs is 5. The van der Waals surface area contributed by atoms with E-state index in [1.807, 2.05) is 0 Å². The van der Waals surface area contributed by atoms with Crippen LogP contribution in [0.3, 0.4) is 0 Å². The van der Waals surface area contributed by atoms with Crippen LogP contribution < -0.4 is 4.90 Å². The Labute approximate surface area is 352 Å². The van der Waals surface area contributed by atoms with Crippen molar-refractivity contribution in [2.75, 3.05) is 4.90 Å². The van der Waals surface area contributed by atoms with Gasteiger partial charge in [-0.3, -0.25) is 0 Å². The third kappa shape index (κ3) is 5.85. The van der Waals surface area contributed by atoms with E-state index in [0.717, 1.165) is 39.3 Å². The van der Waals surface area contributed by atoms with Gasteiger partial charge in [0, 0.05) is 27.8 Å². The predicted octanol–water partition coefficient (Wildman–Crippen LogP) is 16.4. The molecule has 1 aliphatic carbocycles. The van der Waals surface area contributed by atoms with Crippen LogP contribution >= 0.6 is 0 Å². The van der Waals surface area contributed by atoms with Gasteiger partial charge in [-0.1, -0.05) is 208 Å². The van der Waals surface area contributed by atoms with Crippen molar-refractivity contribution in [1.82, 2.24) is 0 Å². The first-order valence-corrected chi connectivity index (χ1v) is 20.9. The highest BCUT2D eigenvalue weighted by Crippen LogP contribution is 2.55. The van der Waals surface area contributed by atoms with Crippen LogP contribution in [0.15, 0.2) is 224 Å². The van der Waals surface area contributed by atoms with Crippen molar-refractivity contribution in [2.45, 2.75) is 19.3 Å². The maximum absolute atomic E-state index is 2.58. The Bertz CT molecular complexity index is 3150. The van der Waals surface area contributed by atoms with E-state index in [4.69, 9.17) is 0 Å². The molecular formula is C59H43N. The largest absolute Gasteiger partial charge is 0.309 e. The summed E-state index contributed by atoms with van der Waals surface area (Å²) in [7, 11) is 0. The number of hydrogen-bond donors (Lipinski definition) is 0. The lowest BCUT2D eigenvalue weighted by molar-refractivity contribution is 0.660. The van der Waals surface area contributed by atoms with Gasteiger partial charge in [-0.05, 0) is 102 Å². The van der Waals surface area contributed by atoms with Crippen LogP contribution in [0.5, 0.6) is 0 Å². The molecule has 284 valence electrons. The molecule has 1 heteroatoms. The first-order chi connectivity index (χ1) is 29.5. The summed E-state index contributed by atoms with van der Waals surface area (Å²) in [5, 5.41) is 4.87. The summed E-state index contributed by atoms with van der Waals surface area (Å²) in [6.07, 6.45) is 0. The summed E-state index contributed by atoms with van der Waals surface area (Å²) in [6.45, 7) is 4.72. The van der Waals surface area contributed by atoms with Crippen LogP contribution in [0.2, 0.25) is 0 Å². The van der Waals surface area contributed by atoms with Crippen LogP contribution in [-0.2, 0) is 5.41 Å². The predicted molar refractivity (Wildman–Crippen MR) is 255 cm³/mol. The summed E-state index contributed by atoms with van der Waals surface area (Å²) in [4.78, 5) is 2.58. The van der Waals surface area contributed by atoms with E-state index in [-0.39, 0.29) is 5.41 Å². The zero-order valence-electron chi connectivity index (χ0n) is 33.8. The molecule has 0 saturated heterocycles. The van der Waals surface area contributed by atoms with E-state index >= 15 is 0 Å². The van der Waals surface area contributed by atoms with Crippen molar-refractivity contribution in [2.24, 2.45) is 0 Å². The minimum atomic E-state index is -0.117. The Balaban J connectivity index is 1.32. The fourth-order valence-electron chi connectivity index (χ4n) is 9.76. The van der Waals surface area contributed by atoms with E-state index in [9.17, 15) is 0 Å². The zero-order valence-corrected chi connectivity index (χ0v) is 33.8. The first kappa shape index (κ1) is 35.7. The molecule has 0 heterocycles. The second-order valence-electron chi connectivity index (χ2n) is 16.5. The van der Waals surface area contributed by atoms with E-state index in [1.54, 1.807) is 0 Å². The summed E-state index contributed by atoms with van der Waals surface area (Å²) >= 11 is 0. The Hall–Kier alpha value is -7.48. The highest BCUT2D eigenvalue weighted by molar-refractivity contribution is 6.13. The molecule has 10 aromatic rings. The topological polar surface area (TPSA) is 3.24 Å². The molecule has 10 aromatic carbocycles. The second kappa shape index (κ2) is 14.4. The second-order valence-corrected chi connectivity index (χ2v) is 16.5. The van der Waals surface area contributed by atoms with Crippen LogP contribution in [0, 0.1) is 0 Å². The van der Waals surface area contributed by atoms with Crippen LogP contribution in [0.4, 0.5) is 17.1 Å². The van der Waals surface area contributed by atoms with Gasteiger partial charge in [0.15, 0.2) is 0 Å². The average molecular weight is 766 g/mol. The van der Waals surface area contributed by atoms with Gasteiger partial charge in [0.1, 0.15) is 0 Å². The Morgan fingerprint density at radius 1 is 0.333 bits per heavy atom. The number of hydrogen-bond acceptors (Lipinski definition) is 1. The molecule has 0 fully saturated rings. The third-order valence-electron chi connectivity index (χ3n) is 12.6. The lowest BCUT2D eigenvalue weighted by Crippen LogP contribution is -2.16. The highest BCUT2D eigenvalue weighted by atomic mass is 15.2. The molecule has 0 saturated carbocycles. The fourth-order valence-corrected chi connectivity index (χ4v) is 9.76. The van der Waals surface area contributed by atoms with Crippen molar-refractivity contribution in [3.05, 3.63) is 236 Å². The molecule has 0 atom stereocenters. The minimum Gasteiger partial charge on any atom is -0.309 e. The smallest absolute Gasteiger partial charge is 0.0619 e. The van der Waals surface area contributed by atoms with Crippen molar-refractivity contribution < 1.29 is 0 Å². The fraction of sp³-hybridized carbons (Fsp3) is 0.0508. The van der Waals surface area contributed by atoms with Gasteiger partial charge in [-0.2, -0.15) is 0 Å². The van der Waals surface area contributed by atoms with Gasteiger partial charge in [0.05, 0.1) is 11.4 Å². The van der Waals surface area contributed by atoms with Crippen molar-refractivity contribution in [1.29, 1.82) is 0 Å². The molecule has 0 unspecified atom stereocenters. The van der Waals surface area contributed by atoms with Crippen molar-refractivity contribution in [3.8, 4) is 55.6 Å². The van der Waals surface area contributed by atoms with E-state index in [1.165, 1.54) is 66.1 Å². The summed E-state index contributed by atoms with van der Waals surface area (Å²) in [5.74, 6) is 0. The first-order valence-electron chi connectivity index (χ1n) is 20.9. The quantitative estimate of drug-likeness (QED) is 0.156. The van der Waals surface area contributed by atoms with Gasteiger partial charge >= 0.3 is 0 Å². The molecule has 0 spiro atoms. The molecule has 60 heavy (non-hydrogen) atoms. The normalized spacial score (nSPS) is 12.6. The van der Waals surface area contributed by atoms with Gasteiger partial charge < -0.3 is 4.90 Å². The Morgan fingerprint density at radius 2 is 0.850 bits per heavy atom. The molecule has 0 radical (unpaired) electrons. The van der Waals surface area contributed by atoms with Crippen molar-refractivity contribution in [3.63, 3.8) is 0 Å². The third-order valence-corrected chi connectivity index (χ3v) is 12.6. The molecule has 11 rings (SSSR count). The summed E-state index contributed by atoms with van der Waals surface area (Å²) < 4.78 is 0. The van der Waals surface area contributed by atoms with Gasteiger partial charge in [-0.15, -0.1) is 0 Å². The van der Waals surface area contributed by atoms with Gasteiger partial charge in [-0.25, -0.2) is 0 Å². The maximum Gasteiger partial charge on any atom is 0.0619 e. The standard InChI is InChI=1S/C59H43N/c1-59(2)54-32-17-16-30-49(54)53-39-46(34-35-55(53)59)60(56-36-33-44-26-13-15-29-48(44)57(56)50-31-18-27-41-25-12-14-28-47(41)50)58-51(42-21-8-4-9-22-42)37-45(40-19-6-3-7-20-40)38-52(58)43-23-10-5-11-24-43/h3-39H,1-2H3. The zero-order chi connectivity index (χ0) is 40.2. The Kier molecular flexibility index (Phi) is 8.57. The molecule has 1 nitrogen and oxygen atoms in total. The molecule has 0 N–H and O–H groups in total. The Morgan fingerprint density at radius 3 is 1.53 bits per heavy atom. The number of nitrogens with zero attached hydrogens (tertiary/aromatic N) is 1. The summed E-state index contributed by atoms with van der Waals surface area (Å²) in [5.41, 5.74) is 18.0. The molecule has 0 aliphatic heterocycles. The van der Waals surface area contributed by atoms with Gasteiger partial charge in [0.2, 0.25) is 0 Å². The SMILES string of the molecule is CC1(C)c2ccccc2-c2cc(N(c3ccc4ccccc4c3-c3cccc4ccccc34)c3c(-c4ccccc4)cc(-c4ccccc4)cc3-c3ccccc3)ccc21. The lowest BCUT2D eigenvalue weighted by Gasteiger charge is -2.34. The molecule has 1 aliphatic rings. The number of benzene rings is 10. The van der Waals surface area contributed by atoms with Crippen molar-refractivity contribution >= 4 is 38.6 Å². The van der Waals surface area contributed by atoms with Crippen LogP contribution in [0.1, 0.15) is 25.0 Å². The van der Waals surface area contributed by atoms with Crippen LogP contribution in [0.25, 0.3) is 77.2 Å². The molecule has 0 aromatic heterocycles. The minimum absolute atomic E-state index is 0.117. The van der Waals surface area contributed by atoms with E-state index in [0.29, 0.717) is 0 Å². The molecular weight excluding hydrogens is 723 g/mol. The monoisotopic (exact) mass is 765 g/mol. The average Bonchev–Trinajstić information content (AvgIpc) is 3.54. The molecule has 0 bridgehead atoms. The van der Waals surface area contributed by atoms with E-state index in [2.05, 4.69) is 243 Å². The highest BCUT2D eigenvalue weighted by Gasteiger charge is 2.36. The number of anilines is 3. The van der Waals surface area contributed by atoms with E-state index < -0.39 is 0 Å². The van der Waals surface area contributed by atoms with Crippen LogP contribution in [-0.4, -0.2) is 0 Å². The molecule has 0 amide bonds. The van der Waals surface area contributed by atoms with Gasteiger partial charge in [0.25, 0.3) is 0 Å².